The van der Waals surface area contributed by atoms with Gasteiger partial charge in [0, 0.05) is 17.3 Å². The maximum Gasteiger partial charge on any atom is 0.355 e. The van der Waals surface area contributed by atoms with Gasteiger partial charge < -0.3 is 20.1 Å². The predicted octanol–water partition coefficient (Wildman–Crippen LogP) is 2.54. The lowest BCUT2D eigenvalue weighted by Gasteiger charge is -2.26. The van der Waals surface area contributed by atoms with Crippen molar-refractivity contribution >= 4 is 11.9 Å². The number of aromatic amines is 1. The molecule has 1 heterocycles. The molecule has 1 aliphatic carbocycles. The molecule has 6 nitrogen and oxygen atoms in total. The highest BCUT2D eigenvalue weighted by Crippen LogP contribution is 2.25. The number of hydrogen-bond donors (Lipinski definition) is 3. The number of rotatable bonds is 5. The van der Waals surface area contributed by atoms with Gasteiger partial charge in [-0.05, 0) is 57.9 Å². The number of hydrogen-bond acceptors (Lipinski definition) is 4. The highest BCUT2D eigenvalue weighted by atomic mass is 16.5. The van der Waals surface area contributed by atoms with Crippen molar-refractivity contribution in [2.24, 2.45) is 5.92 Å². The smallest absolute Gasteiger partial charge is 0.355 e. The summed E-state index contributed by atoms with van der Waals surface area (Å²) in [6.45, 7) is 7.14. The van der Waals surface area contributed by atoms with Gasteiger partial charge in [0.05, 0.1) is 6.10 Å². The zero-order valence-corrected chi connectivity index (χ0v) is 14.9. The Balaban J connectivity index is 1.87. The highest BCUT2D eigenvalue weighted by molar-refractivity contribution is 5.91. The standard InChI is InChI=1S/C18H28N2O4/c1-10-5-7-14(8-6-10)20-15(22)9-24-18(23)17-11(2)16(13(4)21)12(3)19-17/h10,13-14,19,21H,5-9H2,1-4H3,(H,20,22)/t10?,13-,14?/m1/s1. The van der Waals surface area contributed by atoms with Crippen LogP contribution in [-0.2, 0) is 9.53 Å². The van der Waals surface area contributed by atoms with Crippen LogP contribution in [-0.4, -0.2) is 34.6 Å². The van der Waals surface area contributed by atoms with E-state index in [4.69, 9.17) is 4.74 Å². The Morgan fingerprint density at radius 3 is 2.46 bits per heavy atom. The molecule has 1 aromatic heterocycles. The molecule has 3 N–H and O–H groups in total. The molecule has 0 bridgehead atoms. The SMILES string of the molecule is Cc1[nH]c(C(=O)OCC(=O)NC2CCC(C)CC2)c(C)c1[C@@H](C)O. The van der Waals surface area contributed by atoms with Gasteiger partial charge in [-0.25, -0.2) is 4.79 Å². The molecule has 1 amide bonds. The maximum absolute atomic E-state index is 12.2. The number of amides is 1. The van der Waals surface area contributed by atoms with Crippen molar-refractivity contribution in [1.82, 2.24) is 10.3 Å². The molecule has 0 aromatic carbocycles. The van der Waals surface area contributed by atoms with Gasteiger partial charge in [-0.2, -0.15) is 0 Å². The summed E-state index contributed by atoms with van der Waals surface area (Å²) in [5.41, 5.74) is 2.38. The molecule has 134 valence electrons. The van der Waals surface area contributed by atoms with Gasteiger partial charge in [-0.3, -0.25) is 4.79 Å². The second kappa shape index (κ2) is 7.83. The average molecular weight is 336 g/mol. The van der Waals surface area contributed by atoms with E-state index in [9.17, 15) is 14.7 Å². The molecular weight excluding hydrogens is 308 g/mol. The van der Waals surface area contributed by atoms with Crippen molar-refractivity contribution in [3.63, 3.8) is 0 Å². The van der Waals surface area contributed by atoms with E-state index < -0.39 is 12.1 Å². The quantitative estimate of drug-likeness (QED) is 0.721. The van der Waals surface area contributed by atoms with Gasteiger partial charge in [-0.1, -0.05) is 6.92 Å². The number of nitrogens with one attached hydrogen (secondary N) is 2. The van der Waals surface area contributed by atoms with Crippen LogP contribution in [0, 0.1) is 19.8 Å². The summed E-state index contributed by atoms with van der Waals surface area (Å²) in [5, 5.41) is 12.7. The van der Waals surface area contributed by atoms with Crippen molar-refractivity contribution in [2.45, 2.75) is 65.5 Å². The first-order chi connectivity index (χ1) is 11.3. The number of aryl methyl sites for hydroxylation is 1. The average Bonchev–Trinajstić information content (AvgIpc) is 2.82. The first-order valence-electron chi connectivity index (χ1n) is 8.63. The molecule has 2 rings (SSSR count). The van der Waals surface area contributed by atoms with Crippen molar-refractivity contribution in [1.29, 1.82) is 0 Å². The van der Waals surface area contributed by atoms with Crippen LogP contribution in [0.25, 0.3) is 0 Å². The number of carbonyl (C=O) groups excluding carboxylic acids is 2. The maximum atomic E-state index is 12.2. The summed E-state index contributed by atoms with van der Waals surface area (Å²) in [6.07, 6.45) is 3.53. The van der Waals surface area contributed by atoms with Gasteiger partial charge in [0.1, 0.15) is 5.69 Å². The highest BCUT2D eigenvalue weighted by Gasteiger charge is 2.23. The summed E-state index contributed by atoms with van der Waals surface area (Å²) in [7, 11) is 0. The lowest BCUT2D eigenvalue weighted by atomic mass is 9.87. The number of carbonyl (C=O) groups is 2. The van der Waals surface area contributed by atoms with Crippen LogP contribution in [0.4, 0.5) is 0 Å². The number of aliphatic hydroxyl groups excluding tert-OH is 1. The van der Waals surface area contributed by atoms with Gasteiger partial charge >= 0.3 is 5.97 Å². The second-order valence-electron chi connectivity index (χ2n) is 6.94. The summed E-state index contributed by atoms with van der Waals surface area (Å²) in [6, 6.07) is 0.184. The van der Waals surface area contributed by atoms with Crippen LogP contribution >= 0.6 is 0 Å². The fourth-order valence-corrected chi connectivity index (χ4v) is 3.47. The van der Waals surface area contributed by atoms with Crippen LogP contribution in [0.2, 0.25) is 0 Å². The molecule has 0 unspecified atom stereocenters. The van der Waals surface area contributed by atoms with Crippen molar-refractivity contribution in [2.75, 3.05) is 6.61 Å². The largest absolute Gasteiger partial charge is 0.451 e. The third kappa shape index (κ3) is 4.38. The van der Waals surface area contributed by atoms with E-state index in [2.05, 4.69) is 17.2 Å². The molecule has 6 heteroatoms. The molecule has 0 aliphatic heterocycles. The van der Waals surface area contributed by atoms with Crippen LogP contribution in [0.5, 0.6) is 0 Å². The first kappa shape index (κ1) is 18.5. The zero-order valence-electron chi connectivity index (χ0n) is 14.9. The van der Waals surface area contributed by atoms with E-state index in [1.54, 1.807) is 20.8 Å². The Morgan fingerprint density at radius 2 is 1.92 bits per heavy atom. The minimum absolute atomic E-state index is 0.184. The lowest BCUT2D eigenvalue weighted by molar-refractivity contribution is -0.125. The minimum atomic E-state index is -0.667. The molecule has 24 heavy (non-hydrogen) atoms. The van der Waals surface area contributed by atoms with Crippen LogP contribution < -0.4 is 5.32 Å². The molecule has 0 spiro atoms. The van der Waals surface area contributed by atoms with E-state index in [0.717, 1.165) is 37.3 Å². The molecular formula is C18H28N2O4. The third-order valence-corrected chi connectivity index (χ3v) is 4.83. The van der Waals surface area contributed by atoms with Crippen molar-refractivity contribution in [3.05, 3.63) is 22.5 Å². The Morgan fingerprint density at radius 1 is 1.29 bits per heavy atom. The molecule has 1 saturated carbocycles. The summed E-state index contributed by atoms with van der Waals surface area (Å²) in [5.74, 6) is -0.118. The first-order valence-corrected chi connectivity index (χ1v) is 8.63. The number of ether oxygens (including phenoxy) is 1. The Kier molecular flexibility index (Phi) is 6.04. The molecule has 1 fully saturated rings. The third-order valence-electron chi connectivity index (χ3n) is 4.83. The van der Waals surface area contributed by atoms with Gasteiger partial charge in [0.25, 0.3) is 5.91 Å². The molecule has 1 atom stereocenters. The normalized spacial score (nSPS) is 22.0. The zero-order chi connectivity index (χ0) is 17.9. The minimum Gasteiger partial charge on any atom is -0.451 e. The summed E-state index contributed by atoms with van der Waals surface area (Å²) >= 11 is 0. The van der Waals surface area contributed by atoms with E-state index >= 15 is 0 Å². The second-order valence-corrected chi connectivity index (χ2v) is 6.94. The van der Waals surface area contributed by atoms with Crippen LogP contribution in [0.1, 0.15) is 72.9 Å². The Labute approximate surface area is 143 Å². The summed E-state index contributed by atoms with van der Waals surface area (Å²) < 4.78 is 5.12. The number of esters is 1. The number of aliphatic hydroxyl groups is 1. The van der Waals surface area contributed by atoms with E-state index in [0.29, 0.717) is 16.8 Å². The fourth-order valence-electron chi connectivity index (χ4n) is 3.47. The van der Waals surface area contributed by atoms with E-state index in [-0.39, 0.29) is 18.6 Å². The lowest BCUT2D eigenvalue weighted by Crippen LogP contribution is -2.39. The number of aromatic nitrogens is 1. The fraction of sp³-hybridized carbons (Fsp3) is 0.667. The topological polar surface area (TPSA) is 91.4 Å². The van der Waals surface area contributed by atoms with E-state index in [1.807, 2.05) is 0 Å². The van der Waals surface area contributed by atoms with Gasteiger partial charge in [0.15, 0.2) is 6.61 Å². The van der Waals surface area contributed by atoms with E-state index in [1.165, 1.54) is 0 Å². The molecule has 1 aromatic rings. The molecule has 0 saturated heterocycles. The van der Waals surface area contributed by atoms with Gasteiger partial charge in [-0.15, -0.1) is 0 Å². The Bertz CT molecular complexity index is 598. The van der Waals surface area contributed by atoms with Crippen LogP contribution in [0.3, 0.4) is 0 Å². The van der Waals surface area contributed by atoms with Crippen molar-refractivity contribution < 1.29 is 19.4 Å². The summed E-state index contributed by atoms with van der Waals surface area (Å²) in [4.78, 5) is 27.1. The van der Waals surface area contributed by atoms with Crippen LogP contribution in [0.15, 0.2) is 0 Å². The van der Waals surface area contributed by atoms with Crippen molar-refractivity contribution in [3.8, 4) is 0 Å². The molecule has 0 radical (unpaired) electrons. The monoisotopic (exact) mass is 336 g/mol. The predicted molar refractivity (Wildman–Crippen MR) is 90.7 cm³/mol. The molecule has 1 aliphatic rings. The van der Waals surface area contributed by atoms with Gasteiger partial charge in [0.2, 0.25) is 0 Å². The Hall–Kier alpha value is -1.82. The number of H-pyrrole nitrogens is 1.